The van der Waals surface area contributed by atoms with Crippen LogP contribution in [0, 0.1) is 0 Å². The molecule has 2 aromatic rings. The Labute approximate surface area is 118 Å². The molecule has 0 saturated carbocycles. The molecule has 0 aliphatic heterocycles. The lowest BCUT2D eigenvalue weighted by atomic mass is 9.98. The van der Waals surface area contributed by atoms with Crippen LogP contribution < -0.4 is 0 Å². The first-order chi connectivity index (χ1) is 9.88. The lowest BCUT2D eigenvalue weighted by Gasteiger charge is -2.13. The molecule has 1 N–H and O–H groups in total. The highest BCUT2D eigenvalue weighted by molar-refractivity contribution is 5.85. The molecule has 0 aliphatic carbocycles. The fourth-order valence-electron chi connectivity index (χ4n) is 1.84. The third-order valence-corrected chi connectivity index (χ3v) is 2.74. The predicted octanol–water partition coefficient (Wildman–Crippen LogP) is 3.87. The number of aliphatic carboxylic acids is 1. The van der Waals surface area contributed by atoms with Crippen molar-refractivity contribution in [3.63, 3.8) is 0 Å². The van der Waals surface area contributed by atoms with Gasteiger partial charge in [0.2, 0.25) is 0 Å². The van der Waals surface area contributed by atoms with Crippen LogP contribution in [0.2, 0.25) is 0 Å². The number of hydrogen-bond donors (Lipinski definition) is 1. The Bertz CT molecular complexity index is 679. The minimum Gasteiger partial charge on any atom is -0.478 e. The summed E-state index contributed by atoms with van der Waals surface area (Å²) in [6.07, 6.45) is 0.401. The summed E-state index contributed by atoms with van der Waals surface area (Å²) in [6, 6.07) is 6.50. The molecule has 0 unspecified atom stereocenters. The molecular weight excluding hydrogens is 283 g/mol. The summed E-state index contributed by atoms with van der Waals surface area (Å²) >= 11 is 0. The number of halogens is 3. The summed E-state index contributed by atoms with van der Waals surface area (Å²) in [5.74, 6) is -1.17. The number of benzene rings is 1. The second kappa shape index (κ2) is 5.78. The van der Waals surface area contributed by atoms with Crippen LogP contribution in [-0.2, 0) is 11.0 Å². The van der Waals surface area contributed by atoms with Crippen LogP contribution in [0.3, 0.4) is 0 Å². The summed E-state index contributed by atoms with van der Waals surface area (Å²) in [4.78, 5) is 14.3. The van der Waals surface area contributed by atoms with Crippen molar-refractivity contribution in [2.24, 2.45) is 0 Å². The van der Waals surface area contributed by atoms with E-state index in [2.05, 4.69) is 4.98 Å². The summed E-state index contributed by atoms with van der Waals surface area (Å²) in [7, 11) is 0. The third kappa shape index (κ3) is 3.68. The van der Waals surface area contributed by atoms with Gasteiger partial charge in [-0.3, -0.25) is 4.98 Å². The van der Waals surface area contributed by atoms with E-state index in [-0.39, 0.29) is 5.56 Å². The standard InChI is InChI=1S/C15H10F3NO2/c16-15(17,18)13-5-3-10(4-6-14(20)21)8-12(13)11-2-1-7-19-9-11/h1-9H,(H,20,21). The van der Waals surface area contributed by atoms with E-state index in [1.165, 1.54) is 42.7 Å². The van der Waals surface area contributed by atoms with Crippen molar-refractivity contribution in [2.75, 3.05) is 0 Å². The average Bonchev–Trinajstić information content (AvgIpc) is 2.44. The summed E-state index contributed by atoms with van der Waals surface area (Å²) < 4.78 is 39.1. The van der Waals surface area contributed by atoms with E-state index in [0.29, 0.717) is 11.1 Å². The Morgan fingerprint density at radius 2 is 2.00 bits per heavy atom. The van der Waals surface area contributed by atoms with Gasteiger partial charge in [0.1, 0.15) is 0 Å². The molecule has 0 atom stereocenters. The van der Waals surface area contributed by atoms with Crippen LogP contribution >= 0.6 is 0 Å². The van der Waals surface area contributed by atoms with Crippen LogP contribution in [-0.4, -0.2) is 16.1 Å². The summed E-state index contributed by atoms with van der Waals surface area (Å²) in [5.41, 5.74) is -0.147. The van der Waals surface area contributed by atoms with Crippen LogP contribution in [0.15, 0.2) is 48.8 Å². The lowest BCUT2D eigenvalue weighted by molar-refractivity contribution is -0.137. The van der Waals surface area contributed by atoms with Gasteiger partial charge in [0.15, 0.2) is 0 Å². The molecule has 2 rings (SSSR count). The molecule has 6 heteroatoms. The summed E-state index contributed by atoms with van der Waals surface area (Å²) in [5, 5.41) is 8.57. The van der Waals surface area contributed by atoms with Crippen LogP contribution in [0.25, 0.3) is 17.2 Å². The molecule has 0 amide bonds. The average molecular weight is 293 g/mol. The monoisotopic (exact) mass is 293 g/mol. The SMILES string of the molecule is O=C(O)C=Cc1ccc(C(F)(F)F)c(-c2cccnc2)c1. The van der Waals surface area contributed by atoms with E-state index in [0.717, 1.165) is 12.1 Å². The van der Waals surface area contributed by atoms with Crippen molar-refractivity contribution in [1.82, 2.24) is 4.98 Å². The van der Waals surface area contributed by atoms with Gasteiger partial charge in [0.25, 0.3) is 0 Å². The van der Waals surface area contributed by atoms with E-state index in [1.54, 1.807) is 0 Å². The normalized spacial score (nSPS) is 11.8. The first-order valence-electron chi connectivity index (χ1n) is 5.90. The number of carbonyl (C=O) groups is 1. The van der Waals surface area contributed by atoms with Gasteiger partial charge in [-0.05, 0) is 35.4 Å². The minimum atomic E-state index is -4.50. The molecule has 3 nitrogen and oxygen atoms in total. The highest BCUT2D eigenvalue weighted by Crippen LogP contribution is 2.37. The van der Waals surface area contributed by atoms with E-state index in [1.807, 2.05) is 0 Å². The van der Waals surface area contributed by atoms with E-state index in [4.69, 9.17) is 5.11 Å². The largest absolute Gasteiger partial charge is 0.478 e. The van der Waals surface area contributed by atoms with Gasteiger partial charge in [0.05, 0.1) is 5.56 Å². The molecule has 21 heavy (non-hydrogen) atoms. The molecule has 0 bridgehead atoms. The maximum Gasteiger partial charge on any atom is 0.417 e. The molecule has 0 fully saturated rings. The van der Waals surface area contributed by atoms with Crippen LogP contribution in [0.5, 0.6) is 0 Å². The zero-order valence-electron chi connectivity index (χ0n) is 10.6. The number of alkyl halides is 3. The lowest BCUT2D eigenvalue weighted by Crippen LogP contribution is -2.07. The van der Waals surface area contributed by atoms with E-state index in [9.17, 15) is 18.0 Å². The van der Waals surface area contributed by atoms with Crippen molar-refractivity contribution in [3.8, 4) is 11.1 Å². The molecule has 108 valence electrons. The zero-order valence-corrected chi connectivity index (χ0v) is 10.6. The van der Waals surface area contributed by atoms with Gasteiger partial charge < -0.3 is 5.11 Å². The zero-order chi connectivity index (χ0) is 15.5. The van der Waals surface area contributed by atoms with Gasteiger partial charge in [0, 0.05) is 24.0 Å². The molecular formula is C15H10F3NO2. The fourth-order valence-corrected chi connectivity index (χ4v) is 1.84. The van der Waals surface area contributed by atoms with Crippen molar-refractivity contribution in [3.05, 3.63) is 59.9 Å². The molecule has 0 aliphatic rings. The number of nitrogens with zero attached hydrogens (tertiary/aromatic N) is 1. The quantitative estimate of drug-likeness (QED) is 0.874. The molecule has 0 radical (unpaired) electrons. The van der Waals surface area contributed by atoms with Crippen molar-refractivity contribution in [2.45, 2.75) is 6.18 Å². The molecule has 1 aromatic heterocycles. The molecule has 1 heterocycles. The van der Waals surface area contributed by atoms with E-state index < -0.39 is 17.7 Å². The maximum atomic E-state index is 13.0. The number of aromatic nitrogens is 1. The van der Waals surface area contributed by atoms with Gasteiger partial charge in [-0.25, -0.2) is 4.79 Å². The van der Waals surface area contributed by atoms with E-state index >= 15 is 0 Å². The molecule has 1 aromatic carbocycles. The molecule has 0 saturated heterocycles. The van der Waals surface area contributed by atoms with Gasteiger partial charge in [-0.15, -0.1) is 0 Å². The van der Waals surface area contributed by atoms with Crippen LogP contribution in [0.1, 0.15) is 11.1 Å². The summed E-state index contributed by atoms with van der Waals surface area (Å²) in [6.45, 7) is 0. The van der Waals surface area contributed by atoms with Crippen molar-refractivity contribution < 1.29 is 23.1 Å². The highest BCUT2D eigenvalue weighted by atomic mass is 19.4. The van der Waals surface area contributed by atoms with Crippen molar-refractivity contribution in [1.29, 1.82) is 0 Å². The van der Waals surface area contributed by atoms with Gasteiger partial charge >= 0.3 is 12.1 Å². The third-order valence-electron chi connectivity index (χ3n) is 2.74. The number of carboxylic acid groups (broad SMARTS) is 1. The van der Waals surface area contributed by atoms with Crippen molar-refractivity contribution >= 4 is 12.0 Å². The minimum absolute atomic E-state index is 0.0388. The first kappa shape index (κ1) is 14.8. The Morgan fingerprint density at radius 3 is 2.57 bits per heavy atom. The second-order valence-electron chi connectivity index (χ2n) is 4.22. The molecule has 0 spiro atoms. The topological polar surface area (TPSA) is 50.2 Å². The Morgan fingerprint density at radius 1 is 1.24 bits per heavy atom. The smallest absolute Gasteiger partial charge is 0.417 e. The maximum absolute atomic E-state index is 13.0. The predicted molar refractivity (Wildman–Crippen MR) is 71.3 cm³/mol. The highest BCUT2D eigenvalue weighted by Gasteiger charge is 2.33. The Balaban J connectivity index is 2.57. The number of carboxylic acids is 1. The Kier molecular flexibility index (Phi) is 4.07. The number of rotatable bonds is 3. The van der Waals surface area contributed by atoms with Gasteiger partial charge in [-0.2, -0.15) is 13.2 Å². The second-order valence-corrected chi connectivity index (χ2v) is 4.22. The first-order valence-corrected chi connectivity index (χ1v) is 5.90. The number of hydrogen-bond acceptors (Lipinski definition) is 2. The van der Waals surface area contributed by atoms with Gasteiger partial charge in [-0.1, -0.05) is 12.1 Å². The van der Waals surface area contributed by atoms with Crippen LogP contribution in [0.4, 0.5) is 13.2 Å². The fraction of sp³-hybridized carbons (Fsp3) is 0.0667. The Hall–Kier alpha value is -2.63. The number of pyridine rings is 1.